The van der Waals surface area contributed by atoms with Gasteiger partial charge < -0.3 is 15.9 Å². The van der Waals surface area contributed by atoms with Crippen LogP contribution in [0.25, 0.3) is 0 Å². The van der Waals surface area contributed by atoms with E-state index in [1.54, 1.807) is 6.92 Å². The standard InChI is InChI=1S/C13H20N2O4/c1-7(15-6-8(14)12(18)19)11-9(16)4-13(2,3)5-10(11)17/h8,16H,4-6,14H2,1-3H3,(H,18,19)/t8-/m0/s1. The molecule has 0 amide bonds. The van der Waals surface area contributed by atoms with Gasteiger partial charge in [-0.1, -0.05) is 13.8 Å². The average Bonchev–Trinajstić information content (AvgIpc) is 2.22. The van der Waals surface area contributed by atoms with Gasteiger partial charge in [0.2, 0.25) is 0 Å². The third-order valence-electron chi connectivity index (χ3n) is 3.06. The molecule has 0 spiro atoms. The molecule has 0 bridgehead atoms. The summed E-state index contributed by atoms with van der Waals surface area (Å²) in [6, 6.07) is -1.10. The number of hydrogen-bond acceptors (Lipinski definition) is 5. The molecule has 1 aliphatic rings. The van der Waals surface area contributed by atoms with Gasteiger partial charge in [0, 0.05) is 18.6 Å². The van der Waals surface area contributed by atoms with E-state index in [9.17, 15) is 14.7 Å². The Kier molecular flexibility index (Phi) is 4.47. The minimum absolute atomic E-state index is 0.0198. The van der Waals surface area contributed by atoms with Crippen LogP contribution < -0.4 is 5.73 Å². The second kappa shape index (κ2) is 5.52. The highest BCUT2D eigenvalue weighted by Gasteiger charge is 2.34. The third-order valence-corrected chi connectivity index (χ3v) is 3.06. The van der Waals surface area contributed by atoms with Gasteiger partial charge in [-0.05, 0) is 12.3 Å². The summed E-state index contributed by atoms with van der Waals surface area (Å²) in [7, 11) is 0. The lowest BCUT2D eigenvalue weighted by atomic mass is 9.76. The minimum Gasteiger partial charge on any atom is -0.511 e. The Bertz CT molecular complexity index is 463. The second-order valence-electron chi connectivity index (χ2n) is 5.63. The Morgan fingerprint density at radius 2 is 2.05 bits per heavy atom. The Morgan fingerprint density at radius 3 is 2.53 bits per heavy atom. The van der Waals surface area contributed by atoms with Crippen LogP contribution in [0.5, 0.6) is 0 Å². The summed E-state index contributed by atoms with van der Waals surface area (Å²) in [6.45, 7) is 5.28. The molecule has 6 heteroatoms. The number of aliphatic hydroxyl groups is 1. The van der Waals surface area contributed by atoms with Gasteiger partial charge in [0.05, 0.1) is 12.1 Å². The van der Waals surface area contributed by atoms with Crippen LogP contribution in [-0.4, -0.2) is 40.3 Å². The Morgan fingerprint density at radius 1 is 1.47 bits per heavy atom. The zero-order valence-electron chi connectivity index (χ0n) is 11.4. The summed E-state index contributed by atoms with van der Waals surface area (Å²) < 4.78 is 0. The molecule has 0 aliphatic heterocycles. The lowest BCUT2D eigenvalue weighted by Gasteiger charge is -2.29. The first-order chi connectivity index (χ1) is 8.64. The van der Waals surface area contributed by atoms with Crippen LogP contribution in [0, 0.1) is 5.41 Å². The van der Waals surface area contributed by atoms with E-state index < -0.39 is 12.0 Å². The van der Waals surface area contributed by atoms with Gasteiger partial charge in [-0.2, -0.15) is 0 Å². The molecule has 0 radical (unpaired) electrons. The van der Waals surface area contributed by atoms with E-state index in [1.807, 2.05) is 13.8 Å². The summed E-state index contributed by atoms with van der Waals surface area (Å²) in [4.78, 5) is 26.6. The zero-order valence-corrected chi connectivity index (χ0v) is 11.4. The topological polar surface area (TPSA) is 113 Å². The first-order valence-corrected chi connectivity index (χ1v) is 6.09. The molecule has 106 valence electrons. The number of allylic oxidation sites excluding steroid dienone is 2. The lowest BCUT2D eigenvalue weighted by Crippen LogP contribution is -2.34. The molecule has 0 aromatic carbocycles. The van der Waals surface area contributed by atoms with Crippen LogP contribution >= 0.6 is 0 Å². The number of nitrogens with zero attached hydrogens (tertiary/aromatic N) is 1. The third kappa shape index (κ3) is 3.89. The van der Waals surface area contributed by atoms with E-state index in [0.717, 1.165) is 0 Å². The van der Waals surface area contributed by atoms with Crippen LogP contribution in [0.1, 0.15) is 33.6 Å². The Labute approximate surface area is 112 Å². The van der Waals surface area contributed by atoms with Gasteiger partial charge in [0.25, 0.3) is 0 Å². The molecule has 1 aliphatic carbocycles. The summed E-state index contributed by atoms with van der Waals surface area (Å²) in [5.41, 5.74) is 5.62. The van der Waals surface area contributed by atoms with Gasteiger partial charge in [0.15, 0.2) is 5.78 Å². The number of carbonyl (C=O) groups excluding carboxylic acids is 1. The first kappa shape index (κ1) is 15.4. The molecule has 0 saturated carbocycles. The van der Waals surface area contributed by atoms with E-state index in [-0.39, 0.29) is 29.1 Å². The predicted molar refractivity (Wildman–Crippen MR) is 71.3 cm³/mol. The fourth-order valence-electron chi connectivity index (χ4n) is 2.09. The maximum absolute atomic E-state index is 12.0. The van der Waals surface area contributed by atoms with Gasteiger partial charge in [-0.25, -0.2) is 0 Å². The smallest absolute Gasteiger partial charge is 0.322 e. The van der Waals surface area contributed by atoms with Crippen molar-refractivity contribution in [3.63, 3.8) is 0 Å². The lowest BCUT2D eigenvalue weighted by molar-refractivity contribution is -0.138. The minimum atomic E-state index is -1.15. The van der Waals surface area contributed by atoms with Crippen LogP contribution in [0.2, 0.25) is 0 Å². The molecule has 1 rings (SSSR count). The number of carboxylic acid groups (broad SMARTS) is 1. The quantitative estimate of drug-likeness (QED) is 0.660. The van der Waals surface area contributed by atoms with Crippen LogP contribution in [0.15, 0.2) is 16.3 Å². The maximum Gasteiger partial charge on any atom is 0.322 e. The predicted octanol–water partition coefficient (Wildman–Crippen LogP) is 1.06. The number of carboxylic acids is 1. The summed E-state index contributed by atoms with van der Waals surface area (Å²) in [5, 5.41) is 18.6. The highest BCUT2D eigenvalue weighted by Crippen LogP contribution is 2.36. The molecule has 0 unspecified atom stereocenters. The molecule has 0 fully saturated rings. The van der Waals surface area contributed by atoms with Crippen molar-refractivity contribution >= 4 is 17.5 Å². The molecular formula is C13H20N2O4. The van der Waals surface area contributed by atoms with Crippen LogP contribution in [-0.2, 0) is 9.59 Å². The van der Waals surface area contributed by atoms with Gasteiger partial charge in [-0.15, -0.1) is 0 Å². The monoisotopic (exact) mass is 268 g/mol. The zero-order chi connectivity index (χ0) is 14.8. The van der Waals surface area contributed by atoms with E-state index in [1.165, 1.54) is 0 Å². The van der Waals surface area contributed by atoms with Crippen molar-refractivity contribution in [2.45, 2.75) is 39.7 Å². The molecular weight excluding hydrogens is 248 g/mol. The van der Waals surface area contributed by atoms with Crippen molar-refractivity contribution in [2.24, 2.45) is 16.1 Å². The summed E-state index contributed by atoms with van der Waals surface area (Å²) in [5.74, 6) is -1.30. The fourth-order valence-corrected chi connectivity index (χ4v) is 2.09. The molecule has 0 saturated heterocycles. The van der Waals surface area contributed by atoms with Crippen molar-refractivity contribution < 1.29 is 19.8 Å². The van der Waals surface area contributed by atoms with Crippen LogP contribution in [0.4, 0.5) is 0 Å². The number of rotatable bonds is 4. The van der Waals surface area contributed by atoms with Crippen molar-refractivity contribution in [1.82, 2.24) is 0 Å². The maximum atomic E-state index is 12.0. The normalized spacial score (nSPS) is 21.5. The van der Waals surface area contributed by atoms with Gasteiger partial charge in [-0.3, -0.25) is 14.6 Å². The second-order valence-corrected chi connectivity index (χ2v) is 5.63. The summed E-state index contributed by atoms with van der Waals surface area (Å²) >= 11 is 0. The van der Waals surface area contributed by atoms with Crippen LogP contribution in [0.3, 0.4) is 0 Å². The molecule has 0 aromatic heterocycles. The number of aliphatic carboxylic acids is 1. The molecule has 0 aromatic rings. The molecule has 4 N–H and O–H groups in total. The highest BCUT2D eigenvalue weighted by atomic mass is 16.4. The largest absolute Gasteiger partial charge is 0.511 e. The summed E-state index contributed by atoms with van der Waals surface area (Å²) in [6.07, 6.45) is 0.746. The number of hydrogen-bond donors (Lipinski definition) is 3. The number of carbonyl (C=O) groups is 2. The number of Topliss-reactive ketones (excluding diaryl/α,β-unsaturated/α-hetero) is 1. The van der Waals surface area contributed by atoms with E-state index in [0.29, 0.717) is 18.6 Å². The number of nitrogens with two attached hydrogens (primary N) is 1. The fraction of sp³-hybridized carbons (Fsp3) is 0.615. The van der Waals surface area contributed by atoms with Gasteiger partial charge >= 0.3 is 5.97 Å². The molecule has 19 heavy (non-hydrogen) atoms. The number of aliphatic hydroxyl groups excluding tert-OH is 1. The highest BCUT2D eigenvalue weighted by molar-refractivity contribution is 6.22. The Hall–Kier alpha value is -1.69. The van der Waals surface area contributed by atoms with Crippen molar-refractivity contribution in [2.75, 3.05) is 6.54 Å². The molecule has 6 nitrogen and oxygen atoms in total. The van der Waals surface area contributed by atoms with E-state index in [4.69, 9.17) is 10.8 Å². The van der Waals surface area contributed by atoms with E-state index >= 15 is 0 Å². The number of ketones is 1. The van der Waals surface area contributed by atoms with Crippen molar-refractivity contribution in [3.8, 4) is 0 Å². The average molecular weight is 268 g/mol. The first-order valence-electron chi connectivity index (χ1n) is 6.09. The molecule has 0 heterocycles. The van der Waals surface area contributed by atoms with Crippen molar-refractivity contribution in [1.29, 1.82) is 0 Å². The van der Waals surface area contributed by atoms with Gasteiger partial charge in [0.1, 0.15) is 11.8 Å². The van der Waals surface area contributed by atoms with E-state index in [2.05, 4.69) is 4.99 Å². The number of aliphatic imine (C=N–C) groups is 1. The SMILES string of the molecule is CC(=NC[C@H](N)C(=O)O)C1=C(O)CC(C)(C)CC1=O. The molecule has 1 atom stereocenters. The Balaban J connectivity index is 2.92. The van der Waals surface area contributed by atoms with Crippen molar-refractivity contribution in [3.05, 3.63) is 11.3 Å².